The van der Waals surface area contributed by atoms with E-state index in [1.54, 1.807) is 0 Å². The van der Waals surface area contributed by atoms with Crippen LogP contribution >= 0.6 is 0 Å². The first-order valence-electron chi connectivity index (χ1n) is 3.77. The SMILES string of the molecule is CC[C@@H]1C[C@H]1CNC(N)=O. The topological polar surface area (TPSA) is 55.1 Å². The van der Waals surface area contributed by atoms with E-state index in [-0.39, 0.29) is 0 Å². The standard InChI is InChI=1S/C7H14N2O/c1-2-5-3-6(5)4-9-7(8)10/h5-6H,2-4H2,1H3,(H3,8,9,10)/t5-,6+/m1/s1. The molecule has 1 rings (SSSR count). The minimum absolute atomic E-state index is 0.401. The largest absolute Gasteiger partial charge is 0.352 e. The van der Waals surface area contributed by atoms with Crippen molar-refractivity contribution in [1.82, 2.24) is 5.32 Å². The molecular formula is C7H14N2O. The highest BCUT2D eigenvalue weighted by molar-refractivity contribution is 5.71. The molecule has 0 aromatic heterocycles. The first-order valence-corrected chi connectivity index (χ1v) is 3.77. The molecule has 2 amide bonds. The zero-order chi connectivity index (χ0) is 7.56. The Balaban J connectivity index is 2.01. The fraction of sp³-hybridized carbons (Fsp3) is 0.857. The summed E-state index contributed by atoms with van der Waals surface area (Å²) >= 11 is 0. The number of urea groups is 1. The number of primary amides is 1. The van der Waals surface area contributed by atoms with Gasteiger partial charge >= 0.3 is 6.03 Å². The highest BCUT2D eigenvalue weighted by Gasteiger charge is 2.34. The quantitative estimate of drug-likeness (QED) is 0.598. The van der Waals surface area contributed by atoms with Crippen LogP contribution in [0.3, 0.4) is 0 Å². The molecule has 1 aliphatic rings. The first kappa shape index (κ1) is 7.38. The third kappa shape index (κ3) is 1.90. The summed E-state index contributed by atoms with van der Waals surface area (Å²) in [6.07, 6.45) is 2.49. The molecule has 3 N–H and O–H groups in total. The molecule has 10 heavy (non-hydrogen) atoms. The van der Waals surface area contributed by atoms with Gasteiger partial charge in [0.15, 0.2) is 0 Å². The summed E-state index contributed by atoms with van der Waals surface area (Å²) in [5.41, 5.74) is 4.91. The predicted molar refractivity (Wildman–Crippen MR) is 39.5 cm³/mol. The summed E-state index contributed by atoms with van der Waals surface area (Å²) in [5, 5.41) is 2.61. The lowest BCUT2D eigenvalue weighted by molar-refractivity contribution is 0.248. The van der Waals surface area contributed by atoms with Gasteiger partial charge in [-0.25, -0.2) is 4.79 Å². The van der Waals surface area contributed by atoms with Crippen molar-refractivity contribution in [3.05, 3.63) is 0 Å². The van der Waals surface area contributed by atoms with Gasteiger partial charge in [-0.15, -0.1) is 0 Å². The summed E-state index contributed by atoms with van der Waals surface area (Å²) in [7, 11) is 0. The monoisotopic (exact) mass is 142 g/mol. The third-order valence-corrected chi connectivity index (χ3v) is 2.13. The molecule has 0 heterocycles. The van der Waals surface area contributed by atoms with Gasteiger partial charge in [-0.2, -0.15) is 0 Å². The second-order valence-corrected chi connectivity index (χ2v) is 2.91. The number of nitrogens with one attached hydrogen (secondary N) is 1. The van der Waals surface area contributed by atoms with Crippen LogP contribution in [0.1, 0.15) is 19.8 Å². The van der Waals surface area contributed by atoms with E-state index in [4.69, 9.17) is 5.73 Å². The molecule has 0 spiro atoms. The van der Waals surface area contributed by atoms with E-state index in [0.29, 0.717) is 5.92 Å². The summed E-state index contributed by atoms with van der Waals surface area (Å²) in [6.45, 7) is 2.95. The predicted octanol–water partition coefficient (Wildman–Crippen LogP) is 0.701. The van der Waals surface area contributed by atoms with E-state index >= 15 is 0 Å². The highest BCUT2D eigenvalue weighted by atomic mass is 16.2. The number of hydrogen-bond donors (Lipinski definition) is 2. The molecule has 1 saturated carbocycles. The van der Waals surface area contributed by atoms with Crippen LogP contribution in [0.2, 0.25) is 0 Å². The molecule has 58 valence electrons. The summed E-state index contributed by atoms with van der Waals surface area (Å²) in [6, 6.07) is -0.401. The van der Waals surface area contributed by atoms with Crippen molar-refractivity contribution in [3.8, 4) is 0 Å². The summed E-state index contributed by atoms with van der Waals surface area (Å²) in [4.78, 5) is 10.2. The lowest BCUT2D eigenvalue weighted by atomic mass is 10.2. The zero-order valence-electron chi connectivity index (χ0n) is 6.26. The van der Waals surface area contributed by atoms with Crippen molar-refractivity contribution in [2.75, 3.05) is 6.54 Å². The molecule has 1 fully saturated rings. The van der Waals surface area contributed by atoms with Gasteiger partial charge in [0, 0.05) is 6.54 Å². The molecule has 0 bridgehead atoms. The fourth-order valence-corrected chi connectivity index (χ4v) is 1.29. The Hall–Kier alpha value is -0.730. The maximum Gasteiger partial charge on any atom is 0.312 e. The molecule has 0 radical (unpaired) electrons. The van der Waals surface area contributed by atoms with E-state index in [0.717, 1.165) is 12.5 Å². The molecule has 0 saturated heterocycles. The van der Waals surface area contributed by atoms with Gasteiger partial charge in [-0.1, -0.05) is 13.3 Å². The number of carbonyl (C=O) groups is 1. The van der Waals surface area contributed by atoms with E-state index in [1.165, 1.54) is 12.8 Å². The average Bonchev–Trinajstić information content (AvgIpc) is 2.61. The Morgan fingerprint density at radius 3 is 2.80 bits per heavy atom. The second-order valence-electron chi connectivity index (χ2n) is 2.91. The number of amides is 2. The summed E-state index contributed by atoms with van der Waals surface area (Å²) in [5.74, 6) is 1.55. The number of rotatable bonds is 3. The van der Waals surface area contributed by atoms with Crippen LogP contribution in [0.25, 0.3) is 0 Å². The van der Waals surface area contributed by atoms with Gasteiger partial charge in [0.1, 0.15) is 0 Å². The van der Waals surface area contributed by atoms with E-state index in [1.807, 2.05) is 0 Å². The van der Waals surface area contributed by atoms with Crippen molar-refractivity contribution >= 4 is 6.03 Å². The number of carbonyl (C=O) groups excluding carboxylic acids is 1. The highest BCUT2D eigenvalue weighted by Crippen LogP contribution is 2.40. The van der Waals surface area contributed by atoms with Crippen molar-refractivity contribution in [3.63, 3.8) is 0 Å². The minimum atomic E-state index is -0.401. The number of hydrogen-bond acceptors (Lipinski definition) is 1. The van der Waals surface area contributed by atoms with Crippen LogP contribution in [0.15, 0.2) is 0 Å². The third-order valence-electron chi connectivity index (χ3n) is 2.13. The van der Waals surface area contributed by atoms with Gasteiger partial charge in [-0.05, 0) is 18.3 Å². The normalized spacial score (nSPS) is 29.7. The molecule has 0 aliphatic heterocycles. The van der Waals surface area contributed by atoms with Gasteiger partial charge in [0.05, 0.1) is 0 Å². The molecule has 0 unspecified atom stereocenters. The molecule has 3 heteroatoms. The van der Waals surface area contributed by atoms with E-state index in [9.17, 15) is 4.79 Å². The Kier molecular flexibility index (Phi) is 2.14. The maximum atomic E-state index is 10.2. The smallest absolute Gasteiger partial charge is 0.312 e. The molecule has 0 aromatic carbocycles. The molecule has 2 atom stereocenters. The molecule has 0 aromatic rings. The van der Waals surface area contributed by atoms with Crippen LogP contribution in [0, 0.1) is 11.8 Å². The van der Waals surface area contributed by atoms with Crippen LogP contribution in [-0.2, 0) is 0 Å². The van der Waals surface area contributed by atoms with Crippen molar-refractivity contribution in [1.29, 1.82) is 0 Å². The van der Waals surface area contributed by atoms with E-state index in [2.05, 4.69) is 12.2 Å². The lowest BCUT2D eigenvalue weighted by Crippen LogP contribution is -2.31. The molecule has 1 aliphatic carbocycles. The lowest BCUT2D eigenvalue weighted by Gasteiger charge is -1.97. The Morgan fingerprint density at radius 1 is 1.70 bits per heavy atom. The summed E-state index contributed by atoms with van der Waals surface area (Å²) < 4.78 is 0. The Bertz CT molecular complexity index is 136. The van der Waals surface area contributed by atoms with Gasteiger partial charge in [0.2, 0.25) is 0 Å². The van der Waals surface area contributed by atoms with Gasteiger partial charge in [0.25, 0.3) is 0 Å². The maximum absolute atomic E-state index is 10.2. The molecule has 3 nitrogen and oxygen atoms in total. The first-order chi connectivity index (χ1) is 4.74. The molecular weight excluding hydrogens is 128 g/mol. The van der Waals surface area contributed by atoms with Crippen molar-refractivity contribution in [2.45, 2.75) is 19.8 Å². The fourth-order valence-electron chi connectivity index (χ4n) is 1.29. The van der Waals surface area contributed by atoms with Crippen LogP contribution < -0.4 is 11.1 Å². The van der Waals surface area contributed by atoms with Gasteiger partial charge < -0.3 is 11.1 Å². The van der Waals surface area contributed by atoms with Crippen LogP contribution in [0.4, 0.5) is 4.79 Å². The van der Waals surface area contributed by atoms with Crippen LogP contribution in [-0.4, -0.2) is 12.6 Å². The van der Waals surface area contributed by atoms with Gasteiger partial charge in [-0.3, -0.25) is 0 Å². The van der Waals surface area contributed by atoms with Crippen molar-refractivity contribution < 1.29 is 4.79 Å². The minimum Gasteiger partial charge on any atom is -0.352 e. The second kappa shape index (κ2) is 2.90. The number of nitrogens with two attached hydrogens (primary N) is 1. The van der Waals surface area contributed by atoms with Crippen LogP contribution in [0.5, 0.6) is 0 Å². The Labute approximate surface area is 61.0 Å². The van der Waals surface area contributed by atoms with Crippen molar-refractivity contribution in [2.24, 2.45) is 17.6 Å². The average molecular weight is 142 g/mol. The zero-order valence-corrected chi connectivity index (χ0v) is 6.26. The van der Waals surface area contributed by atoms with E-state index < -0.39 is 6.03 Å². The Morgan fingerprint density at radius 2 is 2.40 bits per heavy atom.